The van der Waals surface area contributed by atoms with Crippen molar-refractivity contribution >= 4 is 11.7 Å². The Balaban J connectivity index is 2.66. The lowest BCUT2D eigenvalue weighted by Crippen LogP contribution is -2.41. The first-order valence-electron chi connectivity index (χ1n) is 4.50. The van der Waals surface area contributed by atoms with Crippen molar-refractivity contribution < 1.29 is 35.9 Å². The van der Waals surface area contributed by atoms with E-state index in [2.05, 4.69) is 0 Å². The highest BCUT2D eigenvalue weighted by Crippen LogP contribution is 2.29. The van der Waals surface area contributed by atoms with Crippen LogP contribution in [0.5, 0.6) is 0 Å². The van der Waals surface area contributed by atoms with Crippen molar-refractivity contribution in [2.45, 2.75) is 18.8 Å². The standard InChI is InChI=1S/C8H7F6NO2/c9-7(10,11)5(16)4-1-2-15(3-4)6(17)8(12,13)14/h4H,1-3H2. The van der Waals surface area contributed by atoms with E-state index in [0.717, 1.165) is 0 Å². The summed E-state index contributed by atoms with van der Waals surface area (Å²) in [5.74, 6) is -5.90. The predicted molar refractivity (Wildman–Crippen MR) is 41.8 cm³/mol. The normalized spacial score (nSPS) is 21.8. The van der Waals surface area contributed by atoms with E-state index < -0.39 is 49.5 Å². The Morgan fingerprint density at radius 1 is 1.00 bits per heavy atom. The van der Waals surface area contributed by atoms with Gasteiger partial charge in [0.25, 0.3) is 0 Å². The van der Waals surface area contributed by atoms with Gasteiger partial charge in [0.2, 0.25) is 5.78 Å². The highest BCUT2D eigenvalue weighted by Gasteiger charge is 2.49. The fraction of sp³-hybridized carbons (Fsp3) is 0.750. The van der Waals surface area contributed by atoms with Crippen molar-refractivity contribution in [2.75, 3.05) is 13.1 Å². The van der Waals surface area contributed by atoms with Crippen LogP contribution in [0, 0.1) is 5.92 Å². The Kier molecular flexibility index (Phi) is 3.40. The van der Waals surface area contributed by atoms with E-state index in [1.165, 1.54) is 0 Å². The van der Waals surface area contributed by atoms with Crippen LogP contribution in [-0.2, 0) is 9.59 Å². The molecule has 1 atom stereocenters. The van der Waals surface area contributed by atoms with Gasteiger partial charge in [-0.05, 0) is 6.42 Å². The van der Waals surface area contributed by atoms with Gasteiger partial charge in [0, 0.05) is 19.0 Å². The molecule has 0 aromatic carbocycles. The van der Waals surface area contributed by atoms with Crippen LogP contribution >= 0.6 is 0 Å². The fourth-order valence-corrected chi connectivity index (χ4v) is 1.57. The van der Waals surface area contributed by atoms with Gasteiger partial charge in [-0.25, -0.2) is 0 Å². The summed E-state index contributed by atoms with van der Waals surface area (Å²) in [5, 5.41) is 0. The minimum atomic E-state index is -5.13. The number of nitrogens with zero attached hydrogens (tertiary/aromatic N) is 1. The Bertz CT molecular complexity index is 302. The van der Waals surface area contributed by atoms with Crippen molar-refractivity contribution in [1.82, 2.24) is 4.90 Å². The van der Waals surface area contributed by atoms with E-state index in [4.69, 9.17) is 0 Å². The highest BCUT2D eigenvalue weighted by molar-refractivity contribution is 5.88. The van der Waals surface area contributed by atoms with E-state index in [9.17, 15) is 35.9 Å². The molecule has 1 fully saturated rings. The maximum absolute atomic E-state index is 12.0. The van der Waals surface area contributed by atoms with Gasteiger partial charge >= 0.3 is 18.3 Å². The number of halogens is 6. The van der Waals surface area contributed by atoms with Gasteiger partial charge < -0.3 is 4.90 Å². The highest BCUT2D eigenvalue weighted by atomic mass is 19.4. The van der Waals surface area contributed by atoms with Crippen molar-refractivity contribution in [3.63, 3.8) is 0 Å². The molecular weight excluding hydrogens is 256 g/mol. The van der Waals surface area contributed by atoms with E-state index in [0.29, 0.717) is 0 Å². The first kappa shape index (κ1) is 13.8. The van der Waals surface area contributed by atoms with Crippen LogP contribution in [-0.4, -0.2) is 42.0 Å². The van der Waals surface area contributed by atoms with Crippen LogP contribution in [0.3, 0.4) is 0 Å². The third-order valence-electron chi connectivity index (χ3n) is 2.37. The van der Waals surface area contributed by atoms with Gasteiger partial charge in [-0.1, -0.05) is 0 Å². The molecule has 0 aromatic rings. The number of amides is 1. The zero-order chi connectivity index (χ0) is 13.4. The summed E-state index contributed by atoms with van der Waals surface area (Å²) in [4.78, 5) is 21.7. The predicted octanol–water partition coefficient (Wildman–Crippen LogP) is 1.53. The Labute approximate surface area is 91.4 Å². The maximum Gasteiger partial charge on any atom is 0.471 e. The van der Waals surface area contributed by atoms with E-state index in [-0.39, 0.29) is 4.90 Å². The monoisotopic (exact) mass is 263 g/mol. The first-order valence-corrected chi connectivity index (χ1v) is 4.50. The maximum atomic E-state index is 12.0. The van der Waals surface area contributed by atoms with Crippen molar-refractivity contribution in [1.29, 1.82) is 0 Å². The molecule has 17 heavy (non-hydrogen) atoms. The lowest BCUT2D eigenvalue weighted by Gasteiger charge is -2.17. The second kappa shape index (κ2) is 4.19. The molecular formula is C8H7F6NO2. The number of likely N-dealkylation sites (tertiary alicyclic amines) is 1. The smallest absolute Gasteiger partial charge is 0.334 e. The molecule has 0 aromatic heterocycles. The molecule has 0 N–H and O–H groups in total. The van der Waals surface area contributed by atoms with Gasteiger partial charge in [-0.2, -0.15) is 26.3 Å². The number of alkyl halides is 6. The lowest BCUT2D eigenvalue weighted by molar-refractivity contribution is -0.185. The molecule has 1 heterocycles. The third kappa shape index (κ3) is 3.10. The number of carbonyl (C=O) groups is 2. The number of hydrogen-bond donors (Lipinski definition) is 0. The third-order valence-corrected chi connectivity index (χ3v) is 2.37. The molecule has 0 bridgehead atoms. The molecule has 0 radical (unpaired) electrons. The molecule has 1 saturated heterocycles. The van der Waals surface area contributed by atoms with Crippen molar-refractivity contribution in [2.24, 2.45) is 5.92 Å². The van der Waals surface area contributed by atoms with Gasteiger partial charge in [0.15, 0.2) is 0 Å². The number of ketones is 1. The average molecular weight is 263 g/mol. The van der Waals surface area contributed by atoms with Crippen LogP contribution in [0.15, 0.2) is 0 Å². The van der Waals surface area contributed by atoms with E-state index in [1.54, 1.807) is 0 Å². The summed E-state index contributed by atoms with van der Waals surface area (Å²) >= 11 is 0. The Morgan fingerprint density at radius 3 is 1.94 bits per heavy atom. The van der Waals surface area contributed by atoms with Gasteiger partial charge in [-0.3, -0.25) is 9.59 Å². The minimum absolute atomic E-state index is 0.217. The first-order chi connectivity index (χ1) is 7.53. The van der Waals surface area contributed by atoms with Crippen LogP contribution in [0.25, 0.3) is 0 Å². The van der Waals surface area contributed by atoms with Crippen LogP contribution in [0.2, 0.25) is 0 Å². The zero-order valence-electron chi connectivity index (χ0n) is 8.23. The quantitative estimate of drug-likeness (QED) is 0.673. The summed E-state index contributed by atoms with van der Waals surface area (Å²) in [6.07, 6.45) is -10.6. The summed E-state index contributed by atoms with van der Waals surface area (Å²) in [7, 11) is 0. The van der Waals surface area contributed by atoms with E-state index in [1.807, 2.05) is 0 Å². The topological polar surface area (TPSA) is 37.4 Å². The van der Waals surface area contributed by atoms with Crippen LogP contribution < -0.4 is 0 Å². The number of hydrogen-bond acceptors (Lipinski definition) is 2. The summed E-state index contributed by atoms with van der Waals surface area (Å²) in [5.41, 5.74) is 0. The summed E-state index contributed by atoms with van der Waals surface area (Å²) in [6, 6.07) is 0. The second-order valence-corrected chi connectivity index (χ2v) is 3.60. The van der Waals surface area contributed by atoms with Crippen molar-refractivity contribution in [3.05, 3.63) is 0 Å². The number of carbonyl (C=O) groups excluding carboxylic acids is 2. The summed E-state index contributed by atoms with van der Waals surface area (Å²) < 4.78 is 71.9. The van der Waals surface area contributed by atoms with E-state index >= 15 is 0 Å². The molecule has 1 unspecified atom stereocenters. The molecule has 1 rings (SSSR count). The largest absolute Gasteiger partial charge is 0.471 e. The lowest BCUT2D eigenvalue weighted by atomic mass is 10.0. The molecule has 1 amide bonds. The van der Waals surface area contributed by atoms with Gasteiger partial charge in [0.1, 0.15) is 0 Å². The molecule has 3 nitrogen and oxygen atoms in total. The SMILES string of the molecule is O=C(C1CCN(C(=O)C(F)(F)F)C1)C(F)(F)F. The number of rotatable bonds is 1. The molecule has 1 aliphatic heterocycles. The fourth-order valence-electron chi connectivity index (χ4n) is 1.57. The molecule has 1 aliphatic rings. The minimum Gasteiger partial charge on any atom is -0.334 e. The van der Waals surface area contributed by atoms with Crippen LogP contribution in [0.1, 0.15) is 6.42 Å². The van der Waals surface area contributed by atoms with Gasteiger partial charge in [-0.15, -0.1) is 0 Å². The Morgan fingerprint density at radius 2 is 1.53 bits per heavy atom. The molecule has 98 valence electrons. The molecule has 0 saturated carbocycles. The van der Waals surface area contributed by atoms with Crippen molar-refractivity contribution in [3.8, 4) is 0 Å². The Hall–Kier alpha value is -1.28. The van der Waals surface area contributed by atoms with Crippen LogP contribution in [0.4, 0.5) is 26.3 Å². The summed E-state index contributed by atoms with van der Waals surface area (Å²) in [6.45, 7) is -1.33. The average Bonchev–Trinajstić information content (AvgIpc) is 2.60. The second-order valence-electron chi connectivity index (χ2n) is 3.60. The number of Topliss-reactive ketones (excluding diaryl/α,β-unsaturated/α-hetero) is 1. The van der Waals surface area contributed by atoms with Gasteiger partial charge in [0.05, 0.1) is 0 Å². The molecule has 9 heteroatoms. The molecule has 0 spiro atoms. The molecule has 0 aliphatic carbocycles. The zero-order valence-corrected chi connectivity index (χ0v) is 8.23.